The second-order valence-electron chi connectivity index (χ2n) is 6.60. The van der Waals surface area contributed by atoms with E-state index in [1.54, 1.807) is 11.8 Å². The molecule has 1 N–H and O–H groups in total. The summed E-state index contributed by atoms with van der Waals surface area (Å²) < 4.78 is 38.3. The van der Waals surface area contributed by atoms with Crippen LogP contribution in [0.5, 0.6) is 0 Å². The lowest BCUT2D eigenvalue weighted by atomic mass is 10.0. The van der Waals surface area contributed by atoms with E-state index in [1.807, 2.05) is 0 Å². The second-order valence-corrected chi connectivity index (χ2v) is 6.60. The van der Waals surface area contributed by atoms with Crippen molar-refractivity contribution in [1.82, 2.24) is 15.1 Å². The molecule has 0 aromatic heterocycles. The summed E-state index contributed by atoms with van der Waals surface area (Å²) in [5, 5.41) is 3.13. The number of piperazine rings is 1. The van der Waals surface area contributed by atoms with E-state index in [4.69, 9.17) is 0 Å². The van der Waals surface area contributed by atoms with Gasteiger partial charge in [0, 0.05) is 19.1 Å². The van der Waals surface area contributed by atoms with Gasteiger partial charge in [0.1, 0.15) is 0 Å². The first-order chi connectivity index (χ1) is 10.2. The number of amides is 2. The summed E-state index contributed by atoms with van der Waals surface area (Å²) in [6.07, 6.45) is -2.09. The minimum atomic E-state index is -4.85. The van der Waals surface area contributed by atoms with Crippen LogP contribution in [0.2, 0.25) is 0 Å². The van der Waals surface area contributed by atoms with Gasteiger partial charge in [0.05, 0.1) is 11.6 Å². The molecular weight excluding hydrogens is 299 g/mol. The van der Waals surface area contributed by atoms with Crippen LogP contribution in [0.4, 0.5) is 13.2 Å². The summed E-state index contributed by atoms with van der Waals surface area (Å²) in [5.41, 5.74) is -0.798. The van der Waals surface area contributed by atoms with Gasteiger partial charge in [-0.2, -0.15) is 13.2 Å². The number of hydrogen-bond acceptors (Lipinski definition) is 3. The largest absolute Gasteiger partial charge is 0.471 e. The minimum absolute atomic E-state index is 0.0448. The molecule has 1 spiro atoms. The third-order valence-corrected chi connectivity index (χ3v) is 4.97. The zero-order valence-corrected chi connectivity index (χ0v) is 12.4. The average Bonchev–Trinajstić information content (AvgIpc) is 3.00. The molecule has 0 radical (unpaired) electrons. The standard InChI is InChI=1S/C14H20F3N3O2/c1-9-7-20(12(22)14(15,16)17)13(4-5-13)8-19(9)11(21)10-3-2-6-18-10/h9-10,18H,2-8H2,1H3/t9-,10-/m0/s1. The smallest absolute Gasteiger partial charge is 0.335 e. The molecule has 3 aliphatic rings. The maximum atomic E-state index is 12.8. The zero-order chi connectivity index (χ0) is 16.1. The van der Waals surface area contributed by atoms with Gasteiger partial charge < -0.3 is 15.1 Å². The zero-order valence-electron chi connectivity index (χ0n) is 12.4. The van der Waals surface area contributed by atoms with Crippen molar-refractivity contribution < 1.29 is 22.8 Å². The number of nitrogens with one attached hydrogen (secondary N) is 1. The van der Waals surface area contributed by atoms with Crippen LogP contribution in [-0.2, 0) is 9.59 Å². The summed E-state index contributed by atoms with van der Waals surface area (Å²) in [4.78, 5) is 26.8. The molecule has 0 aromatic rings. The lowest BCUT2D eigenvalue weighted by molar-refractivity contribution is -0.193. The molecule has 5 nitrogen and oxygen atoms in total. The van der Waals surface area contributed by atoms with Gasteiger partial charge in [-0.3, -0.25) is 9.59 Å². The van der Waals surface area contributed by atoms with E-state index < -0.39 is 23.7 Å². The summed E-state index contributed by atoms with van der Waals surface area (Å²) in [6.45, 7) is 2.67. The van der Waals surface area contributed by atoms with E-state index in [9.17, 15) is 22.8 Å². The van der Waals surface area contributed by atoms with Crippen molar-refractivity contribution >= 4 is 11.8 Å². The maximum Gasteiger partial charge on any atom is 0.471 e. The molecule has 2 atom stereocenters. The van der Waals surface area contributed by atoms with E-state index in [2.05, 4.69) is 5.32 Å². The van der Waals surface area contributed by atoms with Gasteiger partial charge in [0.15, 0.2) is 0 Å². The summed E-state index contributed by atoms with van der Waals surface area (Å²) in [6, 6.07) is -0.629. The third-order valence-electron chi connectivity index (χ3n) is 4.97. The Morgan fingerprint density at radius 2 is 1.95 bits per heavy atom. The molecule has 3 rings (SSSR count). The Kier molecular flexibility index (Phi) is 3.62. The van der Waals surface area contributed by atoms with Crippen molar-refractivity contribution in [3.05, 3.63) is 0 Å². The first kappa shape index (κ1) is 15.6. The van der Waals surface area contributed by atoms with Crippen molar-refractivity contribution in [2.24, 2.45) is 0 Å². The van der Waals surface area contributed by atoms with Crippen LogP contribution in [0.25, 0.3) is 0 Å². The normalized spacial score (nSPS) is 30.7. The van der Waals surface area contributed by atoms with Crippen molar-refractivity contribution in [3.63, 3.8) is 0 Å². The van der Waals surface area contributed by atoms with Crippen LogP contribution in [0.1, 0.15) is 32.6 Å². The van der Waals surface area contributed by atoms with Crippen molar-refractivity contribution in [2.75, 3.05) is 19.6 Å². The van der Waals surface area contributed by atoms with Gasteiger partial charge in [-0.1, -0.05) is 0 Å². The van der Waals surface area contributed by atoms with E-state index in [-0.39, 0.29) is 25.0 Å². The Morgan fingerprint density at radius 1 is 1.27 bits per heavy atom. The molecule has 0 bridgehead atoms. The Bertz CT molecular complexity index is 484. The lowest BCUT2D eigenvalue weighted by Crippen LogP contribution is -2.65. The van der Waals surface area contributed by atoms with Gasteiger partial charge in [0.25, 0.3) is 0 Å². The summed E-state index contributed by atoms with van der Waals surface area (Å²) >= 11 is 0. The van der Waals surface area contributed by atoms with Crippen LogP contribution < -0.4 is 5.32 Å². The molecule has 0 unspecified atom stereocenters. The fraction of sp³-hybridized carbons (Fsp3) is 0.857. The molecule has 8 heteroatoms. The van der Waals surface area contributed by atoms with Gasteiger partial charge in [-0.25, -0.2) is 0 Å². The molecule has 2 amide bonds. The van der Waals surface area contributed by atoms with Crippen LogP contribution >= 0.6 is 0 Å². The highest BCUT2D eigenvalue weighted by molar-refractivity contribution is 5.85. The molecule has 124 valence electrons. The summed E-state index contributed by atoms with van der Waals surface area (Å²) in [7, 11) is 0. The quantitative estimate of drug-likeness (QED) is 0.781. The monoisotopic (exact) mass is 319 g/mol. The van der Waals surface area contributed by atoms with Crippen LogP contribution in [0, 0.1) is 0 Å². The number of halogens is 3. The van der Waals surface area contributed by atoms with Crippen LogP contribution in [0.15, 0.2) is 0 Å². The fourth-order valence-electron chi connectivity index (χ4n) is 3.53. The molecule has 1 saturated carbocycles. The number of hydrogen-bond donors (Lipinski definition) is 1. The second kappa shape index (κ2) is 5.11. The molecule has 2 saturated heterocycles. The highest BCUT2D eigenvalue weighted by atomic mass is 19.4. The Morgan fingerprint density at radius 3 is 2.45 bits per heavy atom. The SMILES string of the molecule is C[C@H]1CN(C(=O)C(F)(F)F)C2(CC2)CN1C(=O)[C@@H]1CCCN1. The van der Waals surface area contributed by atoms with Gasteiger partial charge in [-0.15, -0.1) is 0 Å². The van der Waals surface area contributed by atoms with Gasteiger partial charge in [0.2, 0.25) is 5.91 Å². The highest BCUT2D eigenvalue weighted by Gasteiger charge is 2.60. The Labute approximate surface area is 126 Å². The van der Waals surface area contributed by atoms with Crippen LogP contribution in [0.3, 0.4) is 0 Å². The van der Waals surface area contributed by atoms with E-state index in [0.717, 1.165) is 24.3 Å². The van der Waals surface area contributed by atoms with Crippen molar-refractivity contribution in [1.29, 1.82) is 0 Å². The number of nitrogens with zero attached hydrogens (tertiary/aromatic N) is 2. The van der Waals surface area contributed by atoms with Crippen molar-refractivity contribution in [2.45, 2.75) is 56.4 Å². The highest BCUT2D eigenvalue weighted by Crippen LogP contribution is 2.47. The predicted octanol–water partition coefficient (Wildman–Crippen LogP) is 0.893. The third kappa shape index (κ3) is 2.57. The lowest BCUT2D eigenvalue weighted by Gasteiger charge is -2.46. The first-order valence-corrected chi connectivity index (χ1v) is 7.67. The number of carbonyl (C=O) groups is 2. The van der Waals surface area contributed by atoms with Gasteiger partial charge >= 0.3 is 12.1 Å². The van der Waals surface area contributed by atoms with Gasteiger partial charge in [-0.05, 0) is 39.2 Å². The molecule has 3 fully saturated rings. The first-order valence-electron chi connectivity index (χ1n) is 7.67. The number of rotatable bonds is 1. The molecule has 2 heterocycles. The molecule has 0 aromatic carbocycles. The summed E-state index contributed by atoms with van der Waals surface area (Å²) in [5.74, 6) is -1.82. The number of carbonyl (C=O) groups excluding carboxylic acids is 2. The predicted molar refractivity (Wildman–Crippen MR) is 71.9 cm³/mol. The Balaban J connectivity index is 1.75. The minimum Gasteiger partial charge on any atom is -0.335 e. The molecule has 1 aliphatic carbocycles. The van der Waals surface area contributed by atoms with Crippen LogP contribution in [-0.4, -0.2) is 65.0 Å². The fourth-order valence-corrected chi connectivity index (χ4v) is 3.53. The van der Waals surface area contributed by atoms with E-state index in [1.165, 1.54) is 0 Å². The number of alkyl halides is 3. The molecule has 22 heavy (non-hydrogen) atoms. The molecular formula is C14H20F3N3O2. The maximum absolute atomic E-state index is 12.8. The topological polar surface area (TPSA) is 52.7 Å². The molecule has 2 aliphatic heterocycles. The van der Waals surface area contributed by atoms with Crippen molar-refractivity contribution in [3.8, 4) is 0 Å². The average molecular weight is 319 g/mol. The Hall–Kier alpha value is -1.31. The van der Waals surface area contributed by atoms with E-state index >= 15 is 0 Å². The van der Waals surface area contributed by atoms with E-state index in [0.29, 0.717) is 12.8 Å².